The molecule has 108 valence electrons. The third kappa shape index (κ3) is 2.61. The minimum absolute atomic E-state index is 0.0722. The van der Waals surface area contributed by atoms with Gasteiger partial charge in [-0.05, 0) is 36.1 Å². The Hall–Kier alpha value is -1.68. The Labute approximate surface area is 115 Å². The summed E-state index contributed by atoms with van der Waals surface area (Å²) in [6.07, 6.45) is 0. The Morgan fingerprint density at radius 1 is 0.900 bits per heavy atom. The zero-order chi connectivity index (χ0) is 15.3. The lowest BCUT2D eigenvalue weighted by Crippen LogP contribution is -2.05. The lowest BCUT2D eigenvalue weighted by atomic mass is 10.1. The van der Waals surface area contributed by atoms with Gasteiger partial charge in [0.2, 0.25) is 0 Å². The van der Waals surface area contributed by atoms with Crippen LogP contribution in [0.3, 0.4) is 0 Å². The number of aryl methyl sites for hydroxylation is 1. The monoisotopic (exact) mass is 317 g/mol. The normalized spacial score (nSPS) is 12.8. The molecule has 0 radical (unpaired) electrons. The lowest BCUT2D eigenvalue weighted by molar-refractivity contribution is 0.482. The smallest absolute Gasteiger partial charge is 0.296 e. The van der Waals surface area contributed by atoms with Crippen molar-refractivity contribution in [3.8, 4) is 0 Å². The molecule has 2 aromatic carbocycles. The van der Waals surface area contributed by atoms with E-state index in [1.165, 1.54) is 12.1 Å². The molecule has 2 aromatic rings. The molecule has 0 atom stereocenters. The topological polar surface area (TPSA) is 135 Å². The van der Waals surface area contributed by atoms with Crippen LogP contribution in [0, 0.1) is 6.92 Å². The van der Waals surface area contributed by atoms with Crippen LogP contribution in [0.1, 0.15) is 5.56 Å². The van der Waals surface area contributed by atoms with E-state index in [1.807, 2.05) is 0 Å². The van der Waals surface area contributed by atoms with Gasteiger partial charge in [-0.1, -0.05) is 6.07 Å². The number of hydrogen-bond donors (Lipinski definition) is 3. The van der Waals surface area contributed by atoms with E-state index in [-0.39, 0.29) is 21.4 Å². The molecule has 7 nitrogen and oxygen atoms in total. The summed E-state index contributed by atoms with van der Waals surface area (Å²) in [5.74, 6) is 0. The maximum atomic E-state index is 11.3. The van der Waals surface area contributed by atoms with Crippen LogP contribution in [-0.2, 0) is 20.2 Å². The van der Waals surface area contributed by atoms with Gasteiger partial charge < -0.3 is 5.73 Å². The van der Waals surface area contributed by atoms with E-state index >= 15 is 0 Å². The van der Waals surface area contributed by atoms with Gasteiger partial charge in [0.05, 0.1) is 5.69 Å². The fourth-order valence-electron chi connectivity index (χ4n) is 1.95. The molecule has 0 amide bonds. The van der Waals surface area contributed by atoms with Crippen LogP contribution >= 0.6 is 0 Å². The molecule has 0 unspecified atom stereocenters. The lowest BCUT2D eigenvalue weighted by Gasteiger charge is -2.09. The molecule has 9 heteroatoms. The van der Waals surface area contributed by atoms with Gasteiger partial charge in [0.25, 0.3) is 20.2 Å². The van der Waals surface area contributed by atoms with Crippen LogP contribution in [0.25, 0.3) is 10.8 Å². The molecule has 4 N–H and O–H groups in total. The largest absolute Gasteiger partial charge is 0.398 e. The molecule has 0 spiro atoms. The summed E-state index contributed by atoms with van der Waals surface area (Å²) < 4.78 is 63.3. The van der Waals surface area contributed by atoms with Crippen LogP contribution in [0.5, 0.6) is 0 Å². The predicted octanol–water partition coefficient (Wildman–Crippen LogP) is 1.22. The number of hydrogen-bond acceptors (Lipinski definition) is 5. The summed E-state index contributed by atoms with van der Waals surface area (Å²) in [7, 11) is -9.01. The molecule has 0 aliphatic rings. The van der Waals surface area contributed by atoms with E-state index in [0.717, 1.165) is 12.1 Å². The van der Waals surface area contributed by atoms with Gasteiger partial charge in [-0.25, -0.2) is 0 Å². The van der Waals surface area contributed by atoms with E-state index in [0.29, 0.717) is 5.56 Å². The predicted molar refractivity (Wildman–Crippen MR) is 72.7 cm³/mol. The Bertz CT molecular complexity index is 916. The highest BCUT2D eigenvalue weighted by atomic mass is 32.2. The first kappa shape index (κ1) is 14.7. The maximum Gasteiger partial charge on any atom is 0.296 e. The van der Waals surface area contributed by atoms with Crippen LogP contribution in [0.4, 0.5) is 5.69 Å². The van der Waals surface area contributed by atoms with Crippen LogP contribution in [0.2, 0.25) is 0 Å². The van der Waals surface area contributed by atoms with Crippen molar-refractivity contribution in [3.63, 3.8) is 0 Å². The molecule has 20 heavy (non-hydrogen) atoms. The highest BCUT2D eigenvalue weighted by Crippen LogP contribution is 2.31. The highest BCUT2D eigenvalue weighted by Gasteiger charge is 2.20. The van der Waals surface area contributed by atoms with E-state index < -0.39 is 25.1 Å². The van der Waals surface area contributed by atoms with Gasteiger partial charge in [0.15, 0.2) is 0 Å². The third-order valence-electron chi connectivity index (χ3n) is 2.75. The van der Waals surface area contributed by atoms with E-state index in [1.54, 1.807) is 6.92 Å². The molecule has 0 aliphatic heterocycles. The van der Waals surface area contributed by atoms with Crippen molar-refractivity contribution in [3.05, 3.63) is 29.8 Å². The first-order chi connectivity index (χ1) is 9.00. The van der Waals surface area contributed by atoms with Gasteiger partial charge in [0.1, 0.15) is 9.79 Å². The first-order valence-corrected chi connectivity index (χ1v) is 8.17. The molecule has 0 bridgehead atoms. The summed E-state index contributed by atoms with van der Waals surface area (Å²) in [4.78, 5) is -0.891. The second kappa shape index (κ2) is 4.42. The summed E-state index contributed by atoms with van der Waals surface area (Å²) in [5, 5.41) is 0.294. The fourth-order valence-corrected chi connectivity index (χ4v) is 3.38. The molecular weight excluding hydrogens is 306 g/mol. The number of rotatable bonds is 2. The summed E-state index contributed by atoms with van der Waals surface area (Å²) in [6, 6.07) is 4.89. The van der Waals surface area contributed by atoms with Gasteiger partial charge in [-0.2, -0.15) is 16.8 Å². The Kier molecular flexibility index (Phi) is 3.25. The van der Waals surface area contributed by atoms with Gasteiger partial charge in [-0.3, -0.25) is 9.11 Å². The van der Waals surface area contributed by atoms with Crippen LogP contribution < -0.4 is 5.73 Å². The molecule has 0 aliphatic carbocycles. The number of fused-ring (bicyclic) bond motifs is 1. The first-order valence-electron chi connectivity index (χ1n) is 5.29. The molecule has 0 saturated heterocycles. The second-order valence-corrected chi connectivity index (χ2v) is 7.10. The van der Waals surface area contributed by atoms with Crippen molar-refractivity contribution in [2.75, 3.05) is 5.73 Å². The minimum Gasteiger partial charge on any atom is -0.398 e. The molecule has 0 saturated carbocycles. The average molecular weight is 317 g/mol. The number of anilines is 1. The number of nitrogen functional groups attached to an aromatic ring is 1. The summed E-state index contributed by atoms with van der Waals surface area (Å²) in [6.45, 7) is 1.58. The Balaban J connectivity index is 3.00. The molecular formula is C11H11NO6S2. The van der Waals surface area contributed by atoms with Crippen LogP contribution in [0.15, 0.2) is 34.1 Å². The summed E-state index contributed by atoms with van der Waals surface area (Å²) in [5.41, 5.74) is 5.69. The van der Waals surface area contributed by atoms with Crippen molar-refractivity contribution in [2.45, 2.75) is 16.7 Å². The SMILES string of the molecule is Cc1cc(S(=O)(=O)O)c2cc(N)c(S(=O)(=O)O)cc2c1. The Morgan fingerprint density at radius 3 is 1.95 bits per heavy atom. The van der Waals surface area contributed by atoms with E-state index in [9.17, 15) is 21.4 Å². The summed E-state index contributed by atoms with van der Waals surface area (Å²) >= 11 is 0. The zero-order valence-corrected chi connectivity index (χ0v) is 11.9. The highest BCUT2D eigenvalue weighted by molar-refractivity contribution is 7.86. The molecule has 0 heterocycles. The van der Waals surface area contributed by atoms with E-state index in [4.69, 9.17) is 10.3 Å². The van der Waals surface area contributed by atoms with Gasteiger partial charge >= 0.3 is 0 Å². The van der Waals surface area contributed by atoms with Crippen molar-refractivity contribution in [2.24, 2.45) is 0 Å². The third-order valence-corrected chi connectivity index (χ3v) is 4.55. The van der Waals surface area contributed by atoms with E-state index in [2.05, 4.69) is 0 Å². The second-order valence-electron chi connectivity index (χ2n) is 4.32. The Morgan fingerprint density at radius 2 is 1.45 bits per heavy atom. The number of nitrogens with two attached hydrogens (primary N) is 1. The van der Waals surface area contributed by atoms with Gasteiger partial charge in [-0.15, -0.1) is 0 Å². The number of benzene rings is 2. The zero-order valence-electron chi connectivity index (χ0n) is 10.2. The standard InChI is InChI=1S/C11H11NO6S2/c1-6-2-7-4-11(20(16,17)18)9(12)5-8(7)10(3-6)19(13,14)15/h2-5H,12H2,1H3,(H,13,14,15)(H,16,17,18). The van der Waals surface area contributed by atoms with Gasteiger partial charge in [0, 0.05) is 5.39 Å². The van der Waals surface area contributed by atoms with Crippen molar-refractivity contribution >= 4 is 36.7 Å². The van der Waals surface area contributed by atoms with Crippen molar-refractivity contribution < 1.29 is 25.9 Å². The maximum absolute atomic E-state index is 11.3. The molecule has 0 fully saturated rings. The van der Waals surface area contributed by atoms with Crippen molar-refractivity contribution in [1.82, 2.24) is 0 Å². The average Bonchev–Trinajstić information content (AvgIpc) is 2.25. The van der Waals surface area contributed by atoms with Crippen molar-refractivity contribution in [1.29, 1.82) is 0 Å². The minimum atomic E-state index is -4.52. The fraction of sp³-hybridized carbons (Fsp3) is 0.0909. The molecule has 2 rings (SSSR count). The van der Waals surface area contributed by atoms with Crippen LogP contribution in [-0.4, -0.2) is 25.9 Å². The quantitative estimate of drug-likeness (QED) is 0.560. The molecule has 0 aromatic heterocycles.